The second-order valence-electron chi connectivity index (χ2n) is 4.19. The third kappa shape index (κ3) is 4.29. The molecule has 0 saturated carbocycles. The van der Waals surface area contributed by atoms with Crippen molar-refractivity contribution in [1.29, 1.82) is 0 Å². The van der Waals surface area contributed by atoms with Crippen LogP contribution in [0.1, 0.15) is 12.0 Å². The molecule has 5 nitrogen and oxygen atoms in total. The van der Waals surface area contributed by atoms with Crippen molar-refractivity contribution in [3.63, 3.8) is 0 Å². The Labute approximate surface area is 118 Å². The zero-order chi connectivity index (χ0) is 14.4. The van der Waals surface area contributed by atoms with E-state index in [9.17, 15) is 4.79 Å². The summed E-state index contributed by atoms with van der Waals surface area (Å²) in [5, 5.41) is 0.536. The molecule has 19 heavy (non-hydrogen) atoms. The molecule has 0 aromatic heterocycles. The first-order valence-electron chi connectivity index (χ1n) is 5.89. The molecule has 1 aromatic carbocycles. The Morgan fingerprint density at radius 2 is 2.11 bits per heavy atom. The predicted octanol–water partition coefficient (Wildman–Crippen LogP) is 1.66. The second kappa shape index (κ2) is 7.21. The number of halogens is 1. The number of amides is 1. The molecule has 1 aromatic rings. The molecule has 0 aliphatic heterocycles. The first kappa shape index (κ1) is 15.6. The number of benzene rings is 1. The summed E-state index contributed by atoms with van der Waals surface area (Å²) >= 11 is 5.95. The van der Waals surface area contributed by atoms with Gasteiger partial charge in [-0.3, -0.25) is 4.79 Å². The lowest BCUT2D eigenvalue weighted by Gasteiger charge is -2.16. The number of methoxy groups -OCH3 is 1. The van der Waals surface area contributed by atoms with Crippen molar-refractivity contribution in [3.8, 4) is 11.5 Å². The highest BCUT2D eigenvalue weighted by Gasteiger charge is 2.13. The molecule has 0 heterocycles. The third-order valence-corrected chi connectivity index (χ3v) is 2.82. The Morgan fingerprint density at radius 3 is 2.63 bits per heavy atom. The van der Waals surface area contributed by atoms with E-state index in [2.05, 4.69) is 0 Å². The number of carbonyl (C=O) groups is 1. The summed E-state index contributed by atoms with van der Waals surface area (Å²) < 4.78 is 10.8. The minimum absolute atomic E-state index is 0.00206. The van der Waals surface area contributed by atoms with Crippen molar-refractivity contribution in [1.82, 2.24) is 4.90 Å². The van der Waals surface area contributed by atoms with Gasteiger partial charge in [-0.2, -0.15) is 0 Å². The Kier molecular flexibility index (Phi) is 5.92. The van der Waals surface area contributed by atoms with Crippen LogP contribution in [0.4, 0.5) is 0 Å². The minimum atomic E-state index is 0.00206. The van der Waals surface area contributed by atoms with E-state index in [1.807, 2.05) is 0 Å². The van der Waals surface area contributed by atoms with Gasteiger partial charge in [0.1, 0.15) is 0 Å². The number of hydrogen-bond donors (Lipinski definition) is 1. The molecule has 0 aliphatic carbocycles. The topological polar surface area (TPSA) is 64.8 Å². The lowest BCUT2D eigenvalue weighted by atomic mass is 10.2. The van der Waals surface area contributed by atoms with Crippen molar-refractivity contribution in [2.75, 3.05) is 27.8 Å². The molecule has 1 rings (SSSR count). The number of rotatable bonds is 6. The van der Waals surface area contributed by atoms with Gasteiger partial charge in [0.05, 0.1) is 20.1 Å². The Hall–Kier alpha value is -1.46. The molecule has 0 aliphatic rings. The highest BCUT2D eigenvalue weighted by atomic mass is 35.5. The van der Waals surface area contributed by atoms with Crippen molar-refractivity contribution in [2.45, 2.75) is 13.0 Å². The highest BCUT2D eigenvalue weighted by molar-refractivity contribution is 6.30. The van der Waals surface area contributed by atoms with Gasteiger partial charge in [-0.15, -0.1) is 0 Å². The van der Waals surface area contributed by atoms with Crippen molar-refractivity contribution in [2.24, 2.45) is 5.73 Å². The van der Waals surface area contributed by atoms with Crippen LogP contribution in [0, 0.1) is 0 Å². The lowest BCUT2D eigenvalue weighted by Crippen LogP contribution is -2.23. The molecule has 2 N–H and O–H groups in total. The zero-order valence-electron chi connectivity index (χ0n) is 11.4. The molecule has 0 radical (unpaired) electrons. The molecule has 1 amide bonds. The first-order chi connectivity index (χ1) is 8.99. The van der Waals surface area contributed by atoms with Gasteiger partial charge in [0.2, 0.25) is 5.91 Å². The molecular formula is C13H19ClN2O3. The predicted molar refractivity (Wildman–Crippen MR) is 74.7 cm³/mol. The van der Waals surface area contributed by atoms with Crippen molar-refractivity contribution >= 4 is 17.5 Å². The number of nitrogens with zero attached hydrogens (tertiary/aromatic N) is 1. The molecule has 0 saturated heterocycles. The molecular weight excluding hydrogens is 268 g/mol. The summed E-state index contributed by atoms with van der Waals surface area (Å²) in [5.74, 6) is 1.06. The summed E-state index contributed by atoms with van der Waals surface area (Å²) in [5.41, 5.74) is 6.41. The molecule has 0 atom stereocenters. The molecule has 6 heteroatoms. The average Bonchev–Trinajstić information content (AvgIpc) is 2.39. The van der Waals surface area contributed by atoms with Crippen LogP contribution in [-0.4, -0.2) is 38.6 Å². The van der Waals surface area contributed by atoms with Crippen LogP contribution in [-0.2, 0) is 11.3 Å². The van der Waals surface area contributed by atoms with Gasteiger partial charge in [-0.05, 0) is 6.07 Å². The molecule has 0 fully saturated rings. The van der Waals surface area contributed by atoms with Gasteiger partial charge in [-0.1, -0.05) is 11.6 Å². The maximum absolute atomic E-state index is 11.5. The number of ether oxygens (including phenoxy) is 2. The van der Waals surface area contributed by atoms with Gasteiger partial charge >= 0.3 is 0 Å². The highest BCUT2D eigenvalue weighted by Crippen LogP contribution is 2.34. The van der Waals surface area contributed by atoms with Crippen LogP contribution in [0.25, 0.3) is 0 Å². The molecule has 0 spiro atoms. The standard InChI is InChI=1S/C13H19ClN2O3/c1-16(2)12(17)4-5-19-13-9(8-15)6-10(14)7-11(13)18-3/h6-7H,4-5,8,15H2,1-3H3. The summed E-state index contributed by atoms with van der Waals surface area (Å²) in [4.78, 5) is 13.0. The fourth-order valence-corrected chi connectivity index (χ4v) is 1.78. The number of carbonyl (C=O) groups excluding carboxylic acids is 1. The molecule has 0 bridgehead atoms. The Balaban J connectivity index is 2.79. The van der Waals surface area contributed by atoms with E-state index in [0.717, 1.165) is 5.56 Å². The van der Waals surface area contributed by atoms with Crippen LogP contribution in [0.3, 0.4) is 0 Å². The second-order valence-corrected chi connectivity index (χ2v) is 4.62. The molecule has 106 valence electrons. The number of nitrogens with two attached hydrogens (primary N) is 1. The fraction of sp³-hybridized carbons (Fsp3) is 0.462. The van der Waals surface area contributed by atoms with E-state index in [0.29, 0.717) is 22.9 Å². The van der Waals surface area contributed by atoms with Gasteiger partial charge in [-0.25, -0.2) is 0 Å². The van der Waals surface area contributed by atoms with Crippen LogP contribution in [0.2, 0.25) is 5.02 Å². The van der Waals surface area contributed by atoms with Gasteiger partial charge in [0.15, 0.2) is 11.5 Å². The van der Waals surface area contributed by atoms with Gasteiger partial charge < -0.3 is 20.1 Å². The Bertz CT molecular complexity index is 425. The van der Waals surface area contributed by atoms with Crippen molar-refractivity contribution < 1.29 is 14.3 Å². The number of hydrogen-bond acceptors (Lipinski definition) is 4. The van der Waals surface area contributed by atoms with E-state index in [1.54, 1.807) is 26.2 Å². The van der Waals surface area contributed by atoms with E-state index in [-0.39, 0.29) is 19.1 Å². The van der Waals surface area contributed by atoms with Crippen LogP contribution in [0.15, 0.2) is 12.1 Å². The third-order valence-electron chi connectivity index (χ3n) is 2.60. The largest absolute Gasteiger partial charge is 0.493 e. The SMILES string of the molecule is COc1cc(Cl)cc(CN)c1OCCC(=O)N(C)C. The maximum Gasteiger partial charge on any atom is 0.225 e. The maximum atomic E-state index is 11.5. The average molecular weight is 287 g/mol. The van der Waals surface area contributed by atoms with Crippen LogP contribution in [0.5, 0.6) is 11.5 Å². The van der Waals surface area contributed by atoms with E-state index < -0.39 is 0 Å². The summed E-state index contributed by atoms with van der Waals surface area (Å²) in [6, 6.07) is 3.39. The van der Waals surface area contributed by atoms with Crippen LogP contribution < -0.4 is 15.2 Å². The van der Waals surface area contributed by atoms with E-state index in [4.69, 9.17) is 26.8 Å². The van der Waals surface area contributed by atoms with Gasteiger partial charge in [0, 0.05) is 37.3 Å². The fourth-order valence-electron chi connectivity index (χ4n) is 1.55. The summed E-state index contributed by atoms with van der Waals surface area (Å²) in [6.07, 6.45) is 0.294. The smallest absolute Gasteiger partial charge is 0.225 e. The Morgan fingerprint density at radius 1 is 1.42 bits per heavy atom. The monoisotopic (exact) mass is 286 g/mol. The summed E-state index contributed by atoms with van der Waals surface area (Å²) in [6.45, 7) is 0.551. The summed E-state index contributed by atoms with van der Waals surface area (Å²) in [7, 11) is 4.94. The quantitative estimate of drug-likeness (QED) is 0.864. The molecule has 0 unspecified atom stereocenters. The van der Waals surface area contributed by atoms with E-state index >= 15 is 0 Å². The first-order valence-corrected chi connectivity index (χ1v) is 6.26. The van der Waals surface area contributed by atoms with Crippen LogP contribution >= 0.6 is 11.6 Å². The normalized spacial score (nSPS) is 10.2. The van der Waals surface area contributed by atoms with Crippen molar-refractivity contribution in [3.05, 3.63) is 22.7 Å². The van der Waals surface area contributed by atoms with Gasteiger partial charge in [0.25, 0.3) is 0 Å². The minimum Gasteiger partial charge on any atom is -0.493 e. The zero-order valence-corrected chi connectivity index (χ0v) is 12.2. The van der Waals surface area contributed by atoms with E-state index in [1.165, 1.54) is 12.0 Å². The lowest BCUT2D eigenvalue weighted by molar-refractivity contribution is -0.129.